The summed E-state index contributed by atoms with van der Waals surface area (Å²) in [6, 6.07) is 14.3. The molecular weight excluding hydrogens is 405 g/mol. The van der Waals surface area contributed by atoms with Crippen LogP contribution in [0.3, 0.4) is 0 Å². The third-order valence-electron chi connectivity index (χ3n) is 6.26. The van der Waals surface area contributed by atoms with Crippen molar-refractivity contribution >= 4 is 17.5 Å². The average Bonchev–Trinajstić information content (AvgIpc) is 2.82. The Bertz CT molecular complexity index is 892. The van der Waals surface area contributed by atoms with E-state index >= 15 is 0 Å². The van der Waals surface area contributed by atoms with Gasteiger partial charge in [-0.15, -0.1) is 0 Å². The molecule has 0 radical (unpaired) electrons. The predicted molar refractivity (Wildman–Crippen MR) is 126 cm³/mol. The number of benzene rings is 2. The number of carbonyl (C=O) groups excluding carboxylic acids is 2. The first kappa shape index (κ1) is 23.9. The molecule has 0 aromatic heterocycles. The molecule has 1 heterocycles. The Morgan fingerprint density at radius 1 is 1.12 bits per heavy atom. The van der Waals surface area contributed by atoms with E-state index in [9.17, 15) is 14.0 Å². The van der Waals surface area contributed by atoms with Gasteiger partial charge in [-0.05, 0) is 87.1 Å². The van der Waals surface area contributed by atoms with E-state index < -0.39 is 0 Å². The second-order valence-corrected chi connectivity index (χ2v) is 8.56. The quantitative estimate of drug-likeness (QED) is 0.559. The van der Waals surface area contributed by atoms with Crippen LogP contribution in [-0.2, 0) is 9.59 Å². The summed E-state index contributed by atoms with van der Waals surface area (Å²) in [5.74, 6) is -0.0483. The number of piperidine rings is 1. The summed E-state index contributed by atoms with van der Waals surface area (Å²) in [5, 5.41) is 5.95. The minimum Gasteiger partial charge on any atom is -0.356 e. The maximum Gasteiger partial charge on any atom is 0.227 e. The fourth-order valence-electron chi connectivity index (χ4n) is 4.18. The van der Waals surface area contributed by atoms with Crippen LogP contribution >= 0.6 is 0 Å². The number of halogens is 1. The molecule has 3 rings (SSSR count). The maximum absolute atomic E-state index is 13.1. The molecule has 1 unspecified atom stereocenters. The van der Waals surface area contributed by atoms with Gasteiger partial charge in [0.15, 0.2) is 0 Å². The highest BCUT2D eigenvalue weighted by atomic mass is 19.1. The monoisotopic (exact) mass is 439 g/mol. The van der Waals surface area contributed by atoms with Crippen LogP contribution in [0.4, 0.5) is 10.1 Å². The Morgan fingerprint density at radius 3 is 2.53 bits per heavy atom. The fourth-order valence-corrected chi connectivity index (χ4v) is 4.18. The van der Waals surface area contributed by atoms with Gasteiger partial charge in [-0.1, -0.05) is 31.2 Å². The Balaban J connectivity index is 1.36. The molecule has 2 aromatic carbocycles. The molecule has 1 fully saturated rings. The highest BCUT2D eigenvalue weighted by Gasteiger charge is 2.21. The largest absolute Gasteiger partial charge is 0.356 e. The zero-order chi connectivity index (χ0) is 22.9. The van der Waals surface area contributed by atoms with Crippen molar-refractivity contribution in [2.75, 3.05) is 31.5 Å². The normalized spacial score (nSPS) is 15.8. The first-order chi connectivity index (χ1) is 15.5. The van der Waals surface area contributed by atoms with Crippen LogP contribution in [0.15, 0.2) is 48.5 Å². The molecule has 2 aromatic rings. The van der Waals surface area contributed by atoms with Crippen molar-refractivity contribution in [3.63, 3.8) is 0 Å². The Kier molecular flexibility index (Phi) is 8.80. The summed E-state index contributed by atoms with van der Waals surface area (Å²) in [7, 11) is 0. The molecule has 0 aliphatic carbocycles. The standard InChI is InChI=1S/C26H34FN3O2/c1-3-25(31)29-24-7-4-6-22(18-24)21-12-16-30(17-13-21)15-5-14-28-26(32)19(2)20-8-10-23(27)11-9-20/h4,6-11,18-19,21H,3,5,12-17H2,1-2H3,(H,28,32)(H,29,31). The van der Waals surface area contributed by atoms with Gasteiger partial charge in [0.25, 0.3) is 0 Å². The van der Waals surface area contributed by atoms with Gasteiger partial charge in [0, 0.05) is 18.7 Å². The lowest BCUT2D eigenvalue weighted by atomic mass is 9.89. The molecule has 1 aliphatic rings. The van der Waals surface area contributed by atoms with Crippen LogP contribution in [0.25, 0.3) is 0 Å². The number of anilines is 1. The van der Waals surface area contributed by atoms with Crippen LogP contribution in [-0.4, -0.2) is 42.9 Å². The zero-order valence-corrected chi connectivity index (χ0v) is 19.1. The minimum absolute atomic E-state index is 0.0228. The zero-order valence-electron chi connectivity index (χ0n) is 19.1. The Morgan fingerprint density at radius 2 is 1.84 bits per heavy atom. The molecule has 1 aliphatic heterocycles. The molecule has 5 nitrogen and oxygen atoms in total. The van der Waals surface area contributed by atoms with Crippen LogP contribution < -0.4 is 10.6 Å². The molecule has 2 N–H and O–H groups in total. The van der Waals surface area contributed by atoms with E-state index in [1.807, 2.05) is 26.0 Å². The van der Waals surface area contributed by atoms with Crippen LogP contribution in [0, 0.1) is 5.82 Å². The van der Waals surface area contributed by atoms with Crippen molar-refractivity contribution in [1.82, 2.24) is 10.2 Å². The third kappa shape index (κ3) is 6.89. The molecular formula is C26H34FN3O2. The fraction of sp³-hybridized carbons (Fsp3) is 0.462. The van der Waals surface area contributed by atoms with Crippen molar-refractivity contribution in [1.29, 1.82) is 0 Å². The number of nitrogens with zero attached hydrogens (tertiary/aromatic N) is 1. The number of rotatable bonds is 9. The van der Waals surface area contributed by atoms with Gasteiger partial charge in [-0.2, -0.15) is 0 Å². The smallest absolute Gasteiger partial charge is 0.227 e. The van der Waals surface area contributed by atoms with Gasteiger partial charge in [-0.25, -0.2) is 4.39 Å². The van der Waals surface area contributed by atoms with Crippen LogP contribution in [0.1, 0.15) is 62.5 Å². The Labute approximate surface area is 190 Å². The first-order valence-corrected chi connectivity index (χ1v) is 11.6. The lowest BCUT2D eigenvalue weighted by Crippen LogP contribution is -2.36. The van der Waals surface area contributed by atoms with E-state index in [-0.39, 0.29) is 23.5 Å². The number of likely N-dealkylation sites (tertiary alicyclic amines) is 1. The molecule has 2 amide bonds. The van der Waals surface area contributed by atoms with E-state index in [0.717, 1.165) is 50.1 Å². The summed E-state index contributed by atoms with van der Waals surface area (Å²) in [6.45, 7) is 7.38. The van der Waals surface area contributed by atoms with Crippen LogP contribution in [0.2, 0.25) is 0 Å². The Hall–Kier alpha value is -2.73. The molecule has 172 valence electrons. The summed E-state index contributed by atoms with van der Waals surface area (Å²) < 4.78 is 13.1. The first-order valence-electron chi connectivity index (χ1n) is 11.6. The maximum atomic E-state index is 13.1. The van der Waals surface area contributed by atoms with Gasteiger partial charge in [0.2, 0.25) is 11.8 Å². The van der Waals surface area contributed by atoms with E-state index in [2.05, 4.69) is 27.7 Å². The number of hydrogen-bond donors (Lipinski definition) is 2. The topological polar surface area (TPSA) is 61.4 Å². The summed E-state index contributed by atoms with van der Waals surface area (Å²) >= 11 is 0. The van der Waals surface area contributed by atoms with Gasteiger partial charge in [0.05, 0.1) is 5.92 Å². The molecule has 0 saturated carbocycles. The van der Waals surface area contributed by atoms with E-state index in [1.54, 1.807) is 12.1 Å². The molecule has 6 heteroatoms. The molecule has 1 atom stereocenters. The number of amides is 2. The van der Waals surface area contributed by atoms with Crippen molar-refractivity contribution in [2.24, 2.45) is 0 Å². The molecule has 32 heavy (non-hydrogen) atoms. The molecule has 0 bridgehead atoms. The average molecular weight is 440 g/mol. The third-order valence-corrected chi connectivity index (χ3v) is 6.26. The van der Waals surface area contributed by atoms with Crippen molar-refractivity contribution in [3.05, 3.63) is 65.5 Å². The predicted octanol–water partition coefficient (Wildman–Crippen LogP) is 4.66. The highest BCUT2D eigenvalue weighted by Crippen LogP contribution is 2.29. The lowest BCUT2D eigenvalue weighted by Gasteiger charge is -2.32. The van der Waals surface area contributed by atoms with E-state index in [1.165, 1.54) is 17.7 Å². The summed E-state index contributed by atoms with van der Waals surface area (Å²) in [4.78, 5) is 26.4. The van der Waals surface area contributed by atoms with Gasteiger partial charge in [0.1, 0.15) is 5.82 Å². The highest BCUT2D eigenvalue weighted by molar-refractivity contribution is 5.90. The SMILES string of the molecule is CCC(=O)Nc1cccc(C2CCN(CCCNC(=O)C(C)c3ccc(F)cc3)CC2)c1. The van der Waals surface area contributed by atoms with Gasteiger partial charge in [-0.3, -0.25) is 9.59 Å². The summed E-state index contributed by atoms with van der Waals surface area (Å²) in [6.07, 6.45) is 3.58. The van der Waals surface area contributed by atoms with Crippen molar-refractivity contribution < 1.29 is 14.0 Å². The van der Waals surface area contributed by atoms with Crippen molar-refractivity contribution in [2.45, 2.75) is 51.4 Å². The second kappa shape index (κ2) is 11.8. The number of carbonyl (C=O) groups is 2. The second-order valence-electron chi connectivity index (χ2n) is 8.56. The van der Waals surface area contributed by atoms with Gasteiger partial charge < -0.3 is 15.5 Å². The number of hydrogen-bond acceptors (Lipinski definition) is 3. The number of nitrogens with one attached hydrogen (secondary N) is 2. The minimum atomic E-state index is -0.291. The van der Waals surface area contributed by atoms with E-state index in [0.29, 0.717) is 18.9 Å². The lowest BCUT2D eigenvalue weighted by molar-refractivity contribution is -0.122. The van der Waals surface area contributed by atoms with Crippen molar-refractivity contribution in [3.8, 4) is 0 Å². The van der Waals surface area contributed by atoms with Crippen LogP contribution in [0.5, 0.6) is 0 Å². The van der Waals surface area contributed by atoms with Gasteiger partial charge >= 0.3 is 0 Å². The summed E-state index contributed by atoms with van der Waals surface area (Å²) in [5.41, 5.74) is 2.99. The molecule has 1 saturated heterocycles. The van der Waals surface area contributed by atoms with E-state index in [4.69, 9.17) is 0 Å². The molecule has 0 spiro atoms.